The van der Waals surface area contributed by atoms with Crippen LogP contribution in [0.1, 0.15) is 61.4 Å². The lowest BCUT2D eigenvalue weighted by atomic mass is 9.80. The summed E-state index contributed by atoms with van der Waals surface area (Å²) in [5.41, 5.74) is 1.45. The van der Waals surface area contributed by atoms with E-state index >= 15 is 0 Å². The molecule has 31 heavy (non-hydrogen) atoms. The molecule has 1 aliphatic carbocycles. The molecule has 168 valence electrons. The Labute approximate surface area is 180 Å². The van der Waals surface area contributed by atoms with Gasteiger partial charge in [0.15, 0.2) is 11.5 Å². The number of amides is 1. The maximum atomic E-state index is 13.0. The molecule has 1 saturated heterocycles. The lowest BCUT2D eigenvalue weighted by molar-refractivity contribution is 0.0846. The molecular weight excluding hydrogens is 425 g/mol. The van der Waals surface area contributed by atoms with Crippen LogP contribution in [0.25, 0.3) is 5.57 Å². The molecule has 9 nitrogen and oxygen atoms in total. The monoisotopic (exact) mass is 451 g/mol. The number of fused-ring (bicyclic) bond motifs is 6. The number of aromatic hydroxyl groups is 1. The second-order valence-corrected chi connectivity index (χ2v) is 9.71. The van der Waals surface area contributed by atoms with Crippen LogP contribution in [-0.4, -0.2) is 42.7 Å². The number of ether oxygens (including phenoxy) is 2. The Morgan fingerprint density at radius 3 is 2.90 bits per heavy atom. The van der Waals surface area contributed by atoms with Gasteiger partial charge in [-0.05, 0) is 30.0 Å². The van der Waals surface area contributed by atoms with Crippen LogP contribution in [0.4, 0.5) is 0 Å². The van der Waals surface area contributed by atoms with Gasteiger partial charge in [-0.3, -0.25) is 18.4 Å². The standard InChI is InChI=1S/C21H26NO8P/c1-2-3-4-5-6-9-28-31(25)29-14-8-7-12-13-10-15-20(27-11-26-15)18(23)16(13)21(24)22-17(12)19(14)30-31/h7,10,14,17,19,23H,2-6,8-9,11H2,1H3,(H,22,24). The van der Waals surface area contributed by atoms with Crippen molar-refractivity contribution in [3.05, 3.63) is 23.3 Å². The molecule has 3 aliphatic heterocycles. The van der Waals surface area contributed by atoms with Crippen molar-refractivity contribution in [2.45, 2.75) is 63.7 Å². The predicted octanol–water partition coefficient (Wildman–Crippen LogP) is 3.90. The molecule has 1 fully saturated rings. The van der Waals surface area contributed by atoms with Gasteiger partial charge >= 0.3 is 7.82 Å². The smallest absolute Gasteiger partial charge is 0.475 e. The van der Waals surface area contributed by atoms with E-state index in [-0.39, 0.29) is 23.9 Å². The number of phosphoric ester groups is 1. The van der Waals surface area contributed by atoms with Crippen LogP contribution >= 0.6 is 7.82 Å². The molecule has 5 rings (SSSR count). The Hall–Kier alpha value is -2.06. The van der Waals surface area contributed by atoms with E-state index in [0.29, 0.717) is 24.3 Å². The molecule has 4 aliphatic rings. The largest absolute Gasteiger partial charge is 0.504 e. The third-order valence-corrected chi connectivity index (χ3v) is 7.60. The van der Waals surface area contributed by atoms with Gasteiger partial charge < -0.3 is 19.9 Å². The Kier molecular flexibility index (Phi) is 5.46. The number of benzene rings is 1. The summed E-state index contributed by atoms with van der Waals surface area (Å²) in [6, 6.07) is 1.12. The minimum Gasteiger partial charge on any atom is -0.504 e. The fraction of sp³-hybridized carbons (Fsp3) is 0.571. The van der Waals surface area contributed by atoms with E-state index in [9.17, 15) is 14.5 Å². The van der Waals surface area contributed by atoms with Crippen LogP contribution in [0.2, 0.25) is 0 Å². The van der Waals surface area contributed by atoms with Crippen LogP contribution in [0.3, 0.4) is 0 Å². The number of hydrogen-bond acceptors (Lipinski definition) is 8. The molecule has 1 amide bonds. The molecule has 0 radical (unpaired) electrons. The lowest BCUT2D eigenvalue weighted by Gasteiger charge is -2.36. The zero-order valence-electron chi connectivity index (χ0n) is 17.3. The minimum atomic E-state index is -3.70. The molecular formula is C21H26NO8P. The van der Waals surface area contributed by atoms with Crippen molar-refractivity contribution in [2.24, 2.45) is 0 Å². The number of carbonyl (C=O) groups is 1. The van der Waals surface area contributed by atoms with Gasteiger partial charge in [-0.25, -0.2) is 4.57 Å². The van der Waals surface area contributed by atoms with Crippen molar-refractivity contribution in [1.29, 1.82) is 0 Å². The highest BCUT2D eigenvalue weighted by Gasteiger charge is 2.53. The number of unbranched alkanes of at least 4 members (excludes halogenated alkanes) is 4. The number of phenols is 1. The maximum absolute atomic E-state index is 13.0. The van der Waals surface area contributed by atoms with E-state index in [1.165, 1.54) is 6.42 Å². The highest BCUT2D eigenvalue weighted by atomic mass is 31.2. The van der Waals surface area contributed by atoms with Gasteiger partial charge in [-0.2, -0.15) is 0 Å². The third-order valence-electron chi connectivity index (χ3n) is 6.08. The van der Waals surface area contributed by atoms with E-state index in [0.717, 1.165) is 31.3 Å². The molecule has 0 aromatic heterocycles. The highest BCUT2D eigenvalue weighted by Crippen LogP contribution is 2.61. The van der Waals surface area contributed by atoms with E-state index in [1.807, 2.05) is 6.08 Å². The van der Waals surface area contributed by atoms with Gasteiger partial charge in [0.2, 0.25) is 12.5 Å². The van der Waals surface area contributed by atoms with Gasteiger partial charge in [0.05, 0.1) is 18.2 Å². The van der Waals surface area contributed by atoms with Gasteiger partial charge in [0.1, 0.15) is 12.2 Å². The maximum Gasteiger partial charge on any atom is 0.475 e. The SMILES string of the molecule is CCCCCCCOP1(=O)OC2CC=C3c4cc5c(c(O)c4C(=O)NC3C2O1)OCO5. The molecule has 0 bridgehead atoms. The average molecular weight is 451 g/mol. The van der Waals surface area contributed by atoms with E-state index in [1.54, 1.807) is 6.07 Å². The molecule has 0 saturated carbocycles. The lowest BCUT2D eigenvalue weighted by Crippen LogP contribution is -2.52. The average Bonchev–Trinajstić information content (AvgIpc) is 3.35. The fourth-order valence-electron chi connectivity index (χ4n) is 4.54. The van der Waals surface area contributed by atoms with E-state index in [2.05, 4.69) is 12.2 Å². The van der Waals surface area contributed by atoms with Gasteiger partial charge in [0, 0.05) is 0 Å². The Morgan fingerprint density at radius 2 is 2.06 bits per heavy atom. The summed E-state index contributed by atoms with van der Waals surface area (Å²) in [7, 11) is -3.70. The quantitative estimate of drug-likeness (QED) is 0.474. The molecule has 3 heterocycles. The zero-order chi connectivity index (χ0) is 21.6. The number of phenolic OH excluding ortho intramolecular Hbond substituents is 1. The normalized spacial score (nSPS) is 30.3. The number of hydrogen-bond donors (Lipinski definition) is 2. The molecule has 4 unspecified atom stereocenters. The topological polar surface area (TPSA) is 113 Å². The van der Waals surface area contributed by atoms with Crippen molar-refractivity contribution < 1.29 is 37.5 Å². The van der Waals surface area contributed by atoms with Crippen LogP contribution in [0, 0.1) is 0 Å². The third kappa shape index (κ3) is 3.63. The number of carbonyl (C=O) groups excluding carboxylic acids is 1. The van der Waals surface area contributed by atoms with Gasteiger partial charge in [0.25, 0.3) is 5.91 Å². The van der Waals surface area contributed by atoms with Crippen LogP contribution in [0.15, 0.2) is 12.1 Å². The number of rotatable bonds is 7. The summed E-state index contributed by atoms with van der Waals surface area (Å²) < 4.78 is 40.6. The van der Waals surface area contributed by atoms with E-state index in [4.69, 9.17) is 23.0 Å². The van der Waals surface area contributed by atoms with Crippen molar-refractivity contribution in [2.75, 3.05) is 13.4 Å². The first-order valence-electron chi connectivity index (χ1n) is 10.8. The van der Waals surface area contributed by atoms with Crippen molar-refractivity contribution >= 4 is 19.3 Å². The first-order chi connectivity index (χ1) is 15.0. The summed E-state index contributed by atoms with van der Waals surface area (Å²) in [6.45, 7) is 2.44. The van der Waals surface area contributed by atoms with Gasteiger partial charge in [-0.1, -0.05) is 38.7 Å². The summed E-state index contributed by atoms with van der Waals surface area (Å²) >= 11 is 0. The second-order valence-electron chi connectivity index (χ2n) is 8.14. The molecule has 4 atom stereocenters. The Bertz CT molecular complexity index is 977. The molecule has 2 N–H and O–H groups in total. The summed E-state index contributed by atoms with van der Waals surface area (Å²) in [4.78, 5) is 12.8. The second kappa shape index (κ2) is 8.13. The highest BCUT2D eigenvalue weighted by molar-refractivity contribution is 7.48. The predicted molar refractivity (Wildman–Crippen MR) is 110 cm³/mol. The van der Waals surface area contributed by atoms with Crippen LogP contribution in [-0.2, 0) is 18.1 Å². The molecule has 1 aromatic rings. The summed E-state index contributed by atoms with van der Waals surface area (Å²) in [5, 5.41) is 13.4. The van der Waals surface area contributed by atoms with Crippen LogP contribution < -0.4 is 14.8 Å². The first-order valence-corrected chi connectivity index (χ1v) is 12.2. The Balaban J connectivity index is 1.33. The Morgan fingerprint density at radius 1 is 1.23 bits per heavy atom. The number of phosphoric acid groups is 1. The minimum absolute atomic E-state index is 0.0174. The number of nitrogens with one attached hydrogen (secondary N) is 1. The molecule has 0 spiro atoms. The van der Waals surface area contributed by atoms with Crippen molar-refractivity contribution in [1.82, 2.24) is 5.32 Å². The molecule has 1 aromatic carbocycles. The molecule has 10 heteroatoms. The van der Waals surface area contributed by atoms with Crippen molar-refractivity contribution in [3.8, 4) is 17.2 Å². The summed E-state index contributed by atoms with van der Waals surface area (Å²) in [5.74, 6) is -0.160. The first kappa shape index (κ1) is 20.8. The van der Waals surface area contributed by atoms with Crippen LogP contribution in [0.5, 0.6) is 17.2 Å². The van der Waals surface area contributed by atoms with Gasteiger partial charge in [-0.15, -0.1) is 0 Å². The van der Waals surface area contributed by atoms with Crippen molar-refractivity contribution in [3.63, 3.8) is 0 Å². The van der Waals surface area contributed by atoms with E-state index < -0.39 is 32.0 Å². The fourth-order valence-corrected chi connectivity index (χ4v) is 6.16. The zero-order valence-corrected chi connectivity index (χ0v) is 18.2. The summed E-state index contributed by atoms with van der Waals surface area (Å²) in [6.07, 6.45) is 6.46.